The molecule has 2 aromatic heterocycles. The van der Waals surface area contributed by atoms with Gasteiger partial charge in [0, 0.05) is 28.9 Å². The zero-order valence-electron chi connectivity index (χ0n) is 10.3. The zero-order valence-corrected chi connectivity index (χ0v) is 11.1. The van der Waals surface area contributed by atoms with Crippen LogP contribution in [0.25, 0.3) is 22.2 Å². The number of hydrogen-bond donors (Lipinski definition) is 2. The van der Waals surface area contributed by atoms with Gasteiger partial charge >= 0.3 is 5.97 Å². The average molecular weight is 288 g/mol. The minimum Gasteiger partial charge on any atom is -0.481 e. The van der Waals surface area contributed by atoms with Crippen molar-refractivity contribution in [3.8, 4) is 11.3 Å². The molecule has 0 spiro atoms. The van der Waals surface area contributed by atoms with Gasteiger partial charge in [-0.05, 0) is 23.2 Å². The van der Waals surface area contributed by atoms with Gasteiger partial charge in [0.1, 0.15) is 0 Å². The van der Waals surface area contributed by atoms with Gasteiger partial charge in [0.05, 0.1) is 12.1 Å². The number of rotatable bonds is 3. The minimum atomic E-state index is -0.862. The van der Waals surface area contributed by atoms with E-state index in [4.69, 9.17) is 16.7 Å². The number of carboxylic acid groups (broad SMARTS) is 1. The molecule has 5 nitrogen and oxygen atoms in total. The summed E-state index contributed by atoms with van der Waals surface area (Å²) in [5, 5.41) is 10.0. The van der Waals surface area contributed by atoms with E-state index in [9.17, 15) is 4.79 Å². The summed E-state index contributed by atoms with van der Waals surface area (Å²) in [5.41, 5.74) is 3.11. The molecule has 0 aliphatic carbocycles. The summed E-state index contributed by atoms with van der Waals surface area (Å²) in [6, 6.07) is 7.31. The monoisotopic (exact) mass is 287 g/mol. The predicted octanol–water partition coefficient (Wildman–Crippen LogP) is 2.91. The molecule has 2 heterocycles. The van der Waals surface area contributed by atoms with E-state index in [2.05, 4.69) is 15.0 Å². The summed E-state index contributed by atoms with van der Waals surface area (Å²) in [7, 11) is 0. The van der Waals surface area contributed by atoms with Gasteiger partial charge in [-0.1, -0.05) is 18.2 Å². The first kappa shape index (κ1) is 12.6. The second-order valence-electron chi connectivity index (χ2n) is 4.32. The van der Waals surface area contributed by atoms with E-state index >= 15 is 0 Å². The molecule has 0 aliphatic heterocycles. The van der Waals surface area contributed by atoms with Crippen LogP contribution in [0.1, 0.15) is 5.56 Å². The van der Waals surface area contributed by atoms with Crippen LogP contribution in [-0.4, -0.2) is 26.0 Å². The molecule has 0 saturated carbocycles. The van der Waals surface area contributed by atoms with Crippen LogP contribution < -0.4 is 0 Å². The highest BCUT2D eigenvalue weighted by atomic mass is 35.5. The van der Waals surface area contributed by atoms with Crippen molar-refractivity contribution in [1.29, 1.82) is 0 Å². The maximum Gasteiger partial charge on any atom is 0.307 e. The van der Waals surface area contributed by atoms with Crippen molar-refractivity contribution in [2.24, 2.45) is 0 Å². The van der Waals surface area contributed by atoms with Gasteiger partial charge in [-0.3, -0.25) is 4.79 Å². The van der Waals surface area contributed by atoms with Gasteiger partial charge in [0.15, 0.2) is 0 Å². The number of carbonyl (C=O) groups is 1. The quantitative estimate of drug-likeness (QED) is 0.726. The Labute approximate surface area is 119 Å². The number of hydrogen-bond acceptors (Lipinski definition) is 3. The van der Waals surface area contributed by atoms with E-state index in [1.54, 1.807) is 24.5 Å². The lowest BCUT2D eigenvalue weighted by atomic mass is 10.1. The Kier molecular flexibility index (Phi) is 3.12. The molecule has 0 aliphatic rings. The van der Waals surface area contributed by atoms with Gasteiger partial charge < -0.3 is 10.1 Å². The largest absolute Gasteiger partial charge is 0.481 e. The molecule has 0 unspecified atom stereocenters. The molecule has 0 atom stereocenters. The van der Waals surface area contributed by atoms with E-state index in [0.29, 0.717) is 5.69 Å². The number of halogens is 1. The molecular formula is C14H10ClN3O2. The van der Waals surface area contributed by atoms with E-state index in [0.717, 1.165) is 22.0 Å². The minimum absolute atomic E-state index is 0.0260. The summed E-state index contributed by atoms with van der Waals surface area (Å²) in [6.45, 7) is 0. The highest BCUT2D eigenvalue weighted by molar-refractivity contribution is 6.28. The summed E-state index contributed by atoms with van der Waals surface area (Å²) >= 11 is 5.80. The van der Waals surface area contributed by atoms with E-state index in [-0.39, 0.29) is 11.7 Å². The second-order valence-corrected chi connectivity index (χ2v) is 4.66. The first-order valence-corrected chi connectivity index (χ1v) is 6.32. The van der Waals surface area contributed by atoms with E-state index in [1.165, 1.54) is 0 Å². The molecule has 3 aromatic rings. The summed E-state index contributed by atoms with van der Waals surface area (Å²) in [4.78, 5) is 22.0. The Balaban J connectivity index is 2.17. The third-order valence-electron chi connectivity index (χ3n) is 3.05. The number of aromatic amines is 1. The van der Waals surface area contributed by atoms with Crippen molar-refractivity contribution in [1.82, 2.24) is 15.0 Å². The lowest BCUT2D eigenvalue weighted by Crippen LogP contribution is -2.00. The van der Waals surface area contributed by atoms with Crippen LogP contribution in [0, 0.1) is 0 Å². The van der Waals surface area contributed by atoms with Crippen molar-refractivity contribution in [3.05, 3.63) is 47.5 Å². The first-order valence-electron chi connectivity index (χ1n) is 5.95. The Hall–Kier alpha value is -2.40. The number of aromatic nitrogens is 3. The molecule has 0 amide bonds. The molecule has 2 N–H and O–H groups in total. The van der Waals surface area contributed by atoms with Crippen LogP contribution >= 0.6 is 11.6 Å². The molecule has 1 aromatic carbocycles. The normalized spacial score (nSPS) is 10.8. The Morgan fingerprint density at radius 3 is 2.95 bits per heavy atom. The first-order chi connectivity index (χ1) is 9.65. The molecule has 0 fully saturated rings. The highest BCUT2D eigenvalue weighted by Crippen LogP contribution is 2.29. The van der Waals surface area contributed by atoms with Gasteiger partial charge in [-0.15, -0.1) is 0 Å². The number of benzene rings is 1. The van der Waals surface area contributed by atoms with Crippen LogP contribution in [0.5, 0.6) is 0 Å². The molecule has 0 saturated heterocycles. The highest BCUT2D eigenvalue weighted by Gasteiger charge is 2.12. The van der Waals surface area contributed by atoms with Gasteiger partial charge in [-0.2, -0.15) is 0 Å². The third kappa shape index (κ3) is 2.23. The van der Waals surface area contributed by atoms with Crippen molar-refractivity contribution < 1.29 is 9.90 Å². The maximum atomic E-state index is 10.9. The second kappa shape index (κ2) is 4.94. The summed E-state index contributed by atoms with van der Waals surface area (Å²) in [6.07, 6.45) is 3.36. The predicted molar refractivity (Wildman–Crippen MR) is 75.7 cm³/mol. The fourth-order valence-electron chi connectivity index (χ4n) is 2.22. The van der Waals surface area contributed by atoms with Crippen LogP contribution in [0.15, 0.2) is 36.7 Å². The van der Waals surface area contributed by atoms with E-state index < -0.39 is 5.97 Å². The molecule has 20 heavy (non-hydrogen) atoms. The van der Waals surface area contributed by atoms with Gasteiger partial charge in [0.2, 0.25) is 5.28 Å². The molecule has 100 valence electrons. The molecule has 6 heteroatoms. The Morgan fingerprint density at radius 2 is 2.20 bits per heavy atom. The number of H-pyrrole nitrogens is 1. The van der Waals surface area contributed by atoms with E-state index in [1.807, 2.05) is 12.1 Å². The standard InChI is InChI=1S/C14H10ClN3O2/c15-14-16-5-4-11(18-14)10-7-17-13-8(6-12(19)20)2-1-3-9(10)13/h1-5,7,17H,6H2,(H,19,20). The van der Waals surface area contributed by atoms with Crippen LogP contribution in [0.4, 0.5) is 0 Å². The van der Waals surface area contributed by atoms with Gasteiger partial charge in [-0.25, -0.2) is 9.97 Å². The molecule has 0 radical (unpaired) electrons. The number of fused-ring (bicyclic) bond motifs is 1. The molecule has 3 rings (SSSR count). The Morgan fingerprint density at radius 1 is 1.35 bits per heavy atom. The Bertz CT molecular complexity index is 798. The van der Waals surface area contributed by atoms with Crippen molar-refractivity contribution in [3.63, 3.8) is 0 Å². The average Bonchev–Trinajstić information content (AvgIpc) is 2.83. The van der Waals surface area contributed by atoms with Gasteiger partial charge in [0.25, 0.3) is 0 Å². The number of para-hydroxylation sites is 1. The lowest BCUT2D eigenvalue weighted by Gasteiger charge is -2.01. The number of carboxylic acids is 1. The van der Waals surface area contributed by atoms with Crippen LogP contribution in [-0.2, 0) is 11.2 Å². The summed E-state index contributed by atoms with van der Waals surface area (Å²) < 4.78 is 0. The molecular weight excluding hydrogens is 278 g/mol. The maximum absolute atomic E-state index is 10.9. The van der Waals surface area contributed by atoms with Crippen molar-refractivity contribution in [2.45, 2.75) is 6.42 Å². The van der Waals surface area contributed by atoms with Crippen molar-refractivity contribution in [2.75, 3.05) is 0 Å². The number of nitrogens with one attached hydrogen (secondary N) is 1. The van der Waals surface area contributed by atoms with Crippen molar-refractivity contribution >= 4 is 28.5 Å². The zero-order chi connectivity index (χ0) is 14.1. The summed E-state index contributed by atoms with van der Waals surface area (Å²) in [5.74, 6) is -0.862. The van der Waals surface area contributed by atoms with Crippen LogP contribution in [0.2, 0.25) is 5.28 Å². The smallest absolute Gasteiger partial charge is 0.307 e. The molecule has 0 bridgehead atoms. The topological polar surface area (TPSA) is 78.9 Å². The SMILES string of the molecule is O=C(O)Cc1cccc2c(-c3ccnc(Cl)n3)c[nH]c12. The fourth-order valence-corrected chi connectivity index (χ4v) is 2.37. The lowest BCUT2D eigenvalue weighted by molar-refractivity contribution is -0.136. The number of aliphatic carboxylic acids is 1. The van der Waals surface area contributed by atoms with Crippen LogP contribution in [0.3, 0.4) is 0 Å². The fraction of sp³-hybridized carbons (Fsp3) is 0.0714. The third-order valence-corrected chi connectivity index (χ3v) is 3.23. The number of nitrogens with zero attached hydrogens (tertiary/aromatic N) is 2.